The van der Waals surface area contributed by atoms with Crippen LogP contribution in [0.2, 0.25) is 0 Å². The minimum atomic E-state index is -0.412. The number of hydrogen-bond donors (Lipinski definition) is 0. The number of hydrogen-bond acceptors (Lipinski definition) is 6. The van der Waals surface area contributed by atoms with E-state index in [2.05, 4.69) is 4.98 Å². The third kappa shape index (κ3) is 4.37. The van der Waals surface area contributed by atoms with Gasteiger partial charge in [0, 0.05) is 11.0 Å². The van der Waals surface area contributed by atoms with Crippen LogP contribution in [-0.2, 0) is 16.1 Å². The molecule has 0 N–H and O–H groups in total. The van der Waals surface area contributed by atoms with Gasteiger partial charge in [-0.05, 0) is 41.5 Å². The molecule has 2 heterocycles. The Morgan fingerprint density at radius 1 is 1.33 bits per heavy atom. The van der Waals surface area contributed by atoms with E-state index in [1.165, 1.54) is 17.2 Å². The molecule has 0 amide bonds. The molecule has 0 atom stereocenters. The highest BCUT2D eigenvalue weighted by Crippen LogP contribution is 2.23. The lowest BCUT2D eigenvalue weighted by molar-refractivity contribution is -0.139. The zero-order chi connectivity index (χ0) is 16.8. The van der Waals surface area contributed by atoms with Crippen LogP contribution < -0.4 is 0 Å². The lowest BCUT2D eigenvalue weighted by atomic mass is 10.2. The molecule has 0 saturated carbocycles. The van der Waals surface area contributed by atoms with E-state index < -0.39 is 5.97 Å². The Labute approximate surface area is 148 Å². The van der Waals surface area contributed by atoms with Gasteiger partial charge < -0.3 is 9.15 Å². The molecule has 0 aliphatic heterocycles. The Morgan fingerprint density at radius 2 is 2.17 bits per heavy atom. The zero-order valence-electron chi connectivity index (χ0n) is 13.0. The van der Waals surface area contributed by atoms with Crippen LogP contribution in [0.25, 0.3) is 16.8 Å². The Kier molecular flexibility index (Phi) is 5.51. The van der Waals surface area contributed by atoms with Gasteiger partial charge in [-0.2, -0.15) is 0 Å². The highest BCUT2D eigenvalue weighted by molar-refractivity contribution is 7.98. The van der Waals surface area contributed by atoms with E-state index in [1.807, 2.05) is 48.0 Å². The van der Waals surface area contributed by atoms with Crippen molar-refractivity contribution in [3.05, 3.63) is 65.4 Å². The molecule has 0 radical (unpaired) electrons. The Bertz CT molecular complexity index is 820. The van der Waals surface area contributed by atoms with Crippen molar-refractivity contribution in [1.29, 1.82) is 0 Å². The summed E-state index contributed by atoms with van der Waals surface area (Å²) in [5, 5.41) is 1.95. The quantitative estimate of drug-likeness (QED) is 0.357. The second kappa shape index (κ2) is 7.99. The van der Waals surface area contributed by atoms with Crippen LogP contribution in [0.5, 0.6) is 0 Å². The molecule has 24 heavy (non-hydrogen) atoms. The summed E-state index contributed by atoms with van der Waals surface area (Å²) in [6, 6.07) is 11.8. The minimum absolute atomic E-state index is 0.0868. The van der Waals surface area contributed by atoms with Crippen molar-refractivity contribution >= 4 is 35.1 Å². The van der Waals surface area contributed by atoms with Gasteiger partial charge in [-0.3, -0.25) is 0 Å². The topological polar surface area (TPSA) is 52.3 Å². The summed E-state index contributed by atoms with van der Waals surface area (Å²) in [6.07, 6.45) is 6.67. The SMILES string of the molecule is CSc1ccc(/C=C/C(=O)OCc2coc(-c3cccs3)n2)cc1. The van der Waals surface area contributed by atoms with Crippen molar-refractivity contribution in [3.8, 4) is 10.8 Å². The Hall–Kier alpha value is -2.31. The van der Waals surface area contributed by atoms with Crippen molar-refractivity contribution in [1.82, 2.24) is 4.98 Å². The maximum absolute atomic E-state index is 11.8. The number of thiophene rings is 1. The van der Waals surface area contributed by atoms with Gasteiger partial charge in [0.2, 0.25) is 5.89 Å². The summed E-state index contributed by atoms with van der Waals surface area (Å²) >= 11 is 3.22. The molecule has 2 aromatic heterocycles. The van der Waals surface area contributed by atoms with Crippen LogP contribution in [0.3, 0.4) is 0 Å². The van der Waals surface area contributed by atoms with Crippen molar-refractivity contribution in [2.75, 3.05) is 6.26 Å². The van der Waals surface area contributed by atoms with Crippen LogP contribution in [-0.4, -0.2) is 17.2 Å². The van der Waals surface area contributed by atoms with Crippen LogP contribution in [0.15, 0.2) is 63.4 Å². The monoisotopic (exact) mass is 357 g/mol. The maximum atomic E-state index is 11.8. The molecular formula is C18H15NO3S2. The molecule has 0 unspecified atom stereocenters. The van der Waals surface area contributed by atoms with Crippen LogP contribution >= 0.6 is 23.1 Å². The molecule has 122 valence electrons. The number of carbonyl (C=O) groups is 1. The average molecular weight is 357 g/mol. The fourth-order valence-corrected chi connectivity index (χ4v) is 3.02. The van der Waals surface area contributed by atoms with Crippen molar-refractivity contribution in [2.24, 2.45) is 0 Å². The summed E-state index contributed by atoms with van der Waals surface area (Å²) in [6.45, 7) is 0.0868. The molecule has 3 rings (SSSR count). The van der Waals surface area contributed by atoms with E-state index in [0.717, 1.165) is 10.4 Å². The summed E-state index contributed by atoms with van der Waals surface area (Å²) in [5.41, 5.74) is 1.54. The predicted octanol–water partition coefficient (Wildman–Crippen LogP) is 4.88. The van der Waals surface area contributed by atoms with Crippen molar-refractivity contribution in [3.63, 3.8) is 0 Å². The molecule has 3 aromatic rings. The number of thioether (sulfide) groups is 1. The van der Waals surface area contributed by atoms with Gasteiger partial charge in [-0.25, -0.2) is 9.78 Å². The first-order valence-electron chi connectivity index (χ1n) is 7.22. The molecule has 0 aliphatic rings. The lowest BCUT2D eigenvalue weighted by Gasteiger charge is -1.99. The Morgan fingerprint density at radius 3 is 2.88 bits per heavy atom. The van der Waals surface area contributed by atoms with Gasteiger partial charge in [0.1, 0.15) is 18.6 Å². The summed E-state index contributed by atoms with van der Waals surface area (Å²) in [4.78, 5) is 18.2. The van der Waals surface area contributed by atoms with E-state index in [1.54, 1.807) is 29.2 Å². The fraction of sp³-hybridized carbons (Fsp3) is 0.111. The van der Waals surface area contributed by atoms with E-state index in [-0.39, 0.29) is 6.61 Å². The normalized spacial score (nSPS) is 11.0. The standard InChI is InChI=1S/C18H15NO3S2/c1-23-15-7-4-13(5-8-15)6-9-17(20)21-11-14-12-22-18(19-14)16-3-2-10-24-16/h2-10,12H,11H2,1H3/b9-6+. The molecule has 0 saturated heterocycles. The van der Waals surface area contributed by atoms with E-state index in [4.69, 9.17) is 9.15 Å². The predicted molar refractivity (Wildman–Crippen MR) is 96.9 cm³/mol. The van der Waals surface area contributed by atoms with Crippen LogP contribution in [0.1, 0.15) is 11.3 Å². The second-order valence-electron chi connectivity index (χ2n) is 4.84. The number of oxazole rings is 1. The smallest absolute Gasteiger partial charge is 0.331 e. The van der Waals surface area contributed by atoms with E-state index >= 15 is 0 Å². The molecule has 0 aliphatic carbocycles. The van der Waals surface area contributed by atoms with Crippen LogP contribution in [0.4, 0.5) is 0 Å². The molecule has 0 fully saturated rings. The average Bonchev–Trinajstić information content (AvgIpc) is 3.29. The molecule has 0 spiro atoms. The van der Waals surface area contributed by atoms with E-state index in [0.29, 0.717) is 11.6 Å². The lowest BCUT2D eigenvalue weighted by Crippen LogP contribution is -2.00. The molecule has 1 aromatic carbocycles. The summed E-state index contributed by atoms with van der Waals surface area (Å²) < 4.78 is 10.6. The number of aromatic nitrogens is 1. The third-order valence-corrected chi connectivity index (χ3v) is 4.78. The van der Waals surface area contributed by atoms with Gasteiger partial charge in [0.05, 0.1) is 4.88 Å². The fourth-order valence-electron chi connectivity index (χ4n) is 1.96. The third-order valence-electron chi connectivity index (χ3n) is 3.17. The highest BCUT2D eigenvalue weighted by Gasteiger charge is 2.08. The first-order chi connectivity index (χ1) is 11.7. The number of nitrogens with zero attached hydrogens (tertiary/aromatic N) is 1. The number of ether oxygens (including phenoxy) is 1. The van der Waals surface area contributed by atoms with Gasteiger partial charge in [0.15, 0.2) is 0 Å². The van der Waals surface area contributed by atoms with Crippen LogP contribution in [0, 0.1) is 0 Å². The van der Waals surface area contributed by atoms with E-state index in [9.17, 15) is 4.79 Å². The number of benzene rings is 1. The maximum Gasteiger partial charge on any atom is 0.331 e. The zero-order valence-corrected chi connectivity index (χ0v) is 14.6. The number of esters is 1. The Balaban J connectivity index is 1.52. The van der Waals surface area contributed by atoms with Gasteiger partial charge in [-0.15, -0.1) is 23.1 Å². The minimum Gasteiger partial charge on any atom is -0.456 e. The number of rotatable bonds is 6. The first-order valence-corrected chi connectivity index (χ1v) is 9.32. The van der Waals surface area contributed by atoms with Gasteiger partial charge in [0.25, 0.3) is 0 Å². The number of carbonyl (C=O) groups excluding carboxylic acids is 1. The summed E-state index contributed by atoms with van der Waals surface area (Å²) in [5.74, 6) is 0.130. The van der Waals surface area contributed by atoms with Crippen molar-refractivity contribution < 1.29 is 13.9 Å². The highest BCUT2D eigenvalue weighted by atomic mass is 32.2. The van der Waals surface area contributed by atoms with Gasteiger partial charge >= 0.3 is 5.97 Å². The second-order valence-corrected chi connectivity index (χ2v) is 6.66. The first kappa shape index (κ1) is 16.5. The van der Waals surface area contributed by atoms with Gasteiger partial charge in [-0.1, -0.05) is 18.2 Å². The molecule has 4 nitrogen and oxygen atoms in total. The largest absolute Gasteiger partial charge is 0.456 e. The molecular weight excluding hydrogens is 342 g/mol. The van der Waals surface area contributed by atoms with Crippen molar-refractivity contribution in [2.45, 2.75) is 11.5 Å². The molecule has 6 heteroatoms. The molecule has 0 bridgehead atoms. The summed E-state index contributed by atoms with van der Waals surface area (Å²) in [7, 11) is 0.